The van der Waals surface area contributed by atoms with Gasteiger partial charge < -0.3 is 11.1 Å². The van der Waals surface area contributed by atoms with Gasteiger partial charge in [0.05, 0.1) is 6.26 Å². The first-order valence-corrected chi connectivity index (χ1v) is 10.8. The van der Waals surface area contributed by atoms with E-state index in [1.165, 1.54) is 11.8 Å². The molecule has 25 heavy (non-hydrogen) atoms. The van der Waals surface area contributed by atoms with Gasteiger partial charge in [-0.2, -0.15) is 0 Å². The van der Waals surface area contributed by atoms with Crippen LogP contribution >= 0.6 is 0 Å². The summed E-state index contributed by atoms with van der Waals surface area (Å²) in [6, 6.07) is 8.18. The standard InChI is InChI=1S/C18H30N4O2S/c1-4-13(2)14-8-10-16(11-9-14)21-18(19)20-12-15-6-5-7-17(15)22-25(3,23)24/h8-11,13,15,17,22H,4-7,12H2,1-3H3,(H3,19,20,21). The summed E-state index contributed by atoms with van der Waals surface area (Å²) in [4.78, 5) is 4.40. The number of nitrogens with zero attached hydrogens (tertiary/aromatic N) is 1. The molecule has 0 aromatic heterocycles. The van der Waals surface area contributed by atoms with Gasteiger partial charge in [-0.25, -0.2) is 13.1 Å². The van der Waals surface area contributed by atoms with Gasteiger partial charge in [0.25, 0.3) is 0 Å². The number of hydrogen-bond acceptors (Lipinski definition) is 3. The van der Waals surface area contributed by atoms with Gasteiger partial charge in [0.15, 0.2) is 5.96 Å². The van der Waals surface area contributed by atoms with Gasteiger partial charge in [-0.05, 0) is 48.8 Å². The fourth-order valence-electron chi connectivity index (χ4n) is 3.22. The van der Waals surface area contributed by atoms with Crippen molar-refractivity contribution in [3.63, 3.8) is 0 Å². The summed E-state index contributed by atoms with van der Waals surface area (Å²) in [5.41, 5.74) is 8.20. The molecule has 3 unspecified atom stereocenters. The molecule has 1 aromatic rings. The second-order valence-electron chi connectivity index (χ2n) is 6.97. The summed E-state index contributed by atoms with van der Waals surface area (Å²) in [6.07, 6.45) is 5.15. The maximum absolute atomic E-state index is 11.4. The Morgan fingerprint density at radius 2 is 2.00 bits per heavy atom. The first kappa shape index (κ1) is 19.7. The molecule has 1 aliphatic carbocycles. The fourth-order valence-corrected chi connectivity index (χ4v) is 4.08. The van der Waals surface area contributed by atoms with Crippen molar-refractivity contribution in [1.82, 2.24) is 4.72 Å². The quantitative estimate of drug-likeness (QED) is 0.510. The maximum atomic E-state index is 11.4. The molecule has 0 radical (unpaired) electrons. The maximum Gasteiger partial charge on any atom is 0.208 e. The predicted octanol–water partition coefficient (Wildman–Crippen LogP) is 2.64. The van der Waals surface area contributed by atoms with E-state index in [1.54, 1.807) is 0 Å². The lowest BCUT2D eigenvalue weighted by Crippen LogP contribution is -2.38. The highest BCUT2D eigenvalue weighted by Crippen LogP contribution is 2.26. The highest BCUT2D eigenvalue weighted by Gasteiger charge is 2.29. The summed E-state index contributed by atoms with van der Waals surface area (Å²) in [6.45, 7) is 4.91. The van der Waals surface area contributed by atoms with Gasteiger partial charge in [-0.3, -0.25) is 4.99 Å². The molecule has 1 fully saturated rings. The highest BCUT2D eigenvalue weighted by atomic mass is 32.2. The lowest BCUT2D eigenvalue weighted by atomic mass is 9.99. The molecule has 0 saturated heterocycles. The number of rotatable bonds is 7. The number of nitrogens with two attached hydrogens (primary N) is 1. The topological polar surface area (TPSA) is 96.6 Å². The fraction of sp³-hybridized carbons (Fsp3) is 0.611. The van der Waals surface area contributed by atoms with Gasteiger partial charge in [0.2, 0.25) is 10.0 Å². The molecule has 0 bridgehead atoms. The Morgan fingerprint density at radius 3 is 2.60 bits per heavy atom. The molecule has 0 spiro atoms. The van der Waals surface area contributed by atoms with Crippen LogP contribution in [0.2, 0.25) is 0 Å². The Bertz CT molecular complexity index is 686. The summed E-state index contributed by atoms with van der Waals surface area (Å²) in [5.74, 6) is 1.10. The number of guanidine groups is 1. The van der Waals surface area contributed by atoms with Gasteiger partial charge in [0.1, 0.15) is 0 Å². The summed E-state index contributed by atoms with van der Waals surface area (Å²) >= 11 is 0. The van der Waals surface area contributed by atoms with Crippen LogP contribution < -0.4 is 15.8 Å². The molecule has 0 amide bonds. The van der Waals surface area contributed by atoms with E-state index in [2.05, 4.69) is 41.0 Å². The number of benzene rings is 1. The number of nitrogens with one attached hydrogen (secondary N) is 2. The first-order valence-electron chi connectivity index (χ1n) is 8.92. The second-order valence-corrected chi connectivity index (χ2v) is 8.75. The Balaban J connectivity index is 1.90. The molecular weight excluding hydrogens is 336 g/mol. The van der Waals surface area contributed by atoms with E-state index in [-0.39, 0.29) is 12.0 Å². The minimum absolute atomic E-state index is 0.0404. The minimum Gasteiger partial charge on any atom is -0.370 e. The van der Waals surface area contributed by atoms with Crippen LogP contribution in [-0.2, 0) is 10.0 Å². The highest BCUT2D eigenvalue weighted by molar-refractivity contribution is 7.88. The van der Waals surface area contributed by atoms with Gasteiger partial charge in [-0.1, -0.05) is 32.4 Å². The molecule has 3 atom stereocenters. The predicted molar refractivity (Wildman–Crippen MR) is 104 cm³/mol. The molecule has 2 rings (SSSR count). The Hall–Kier alpha value is -1.60. The number of sulfonamides is 1. The molecule has 1 aromatic carbocycles. The van der Waals surface area contributed by atoms with Gasteiger partial charge in [0, 0.05) is 18.3 Å². The molecule has 140 valence electrons. The molecule has 1 saturated carbocycles. The smallest absolute Gasteiger partial charge is 0.208 e. The van der Waals surface area contributed by atoms with Crippen molar-refractivity contribution in [3.8, 4) is 0 Å². The van der Waals surface area contributed by atoms with E-state index in [0.29, 0.717) is 18.4 Å². The van der Waals surface area contributed by atoms with E-state index < -0.39 is 10.0 Å². The third-order valence-electron chi connectivity index (χ3n) is 4.89. The van der Waals surface area contributed by atoms with Crippen LogP contribution in [0.3, 0.4) is 0 Å². The Morgan fingerprint density at radius 1 is 1.32 bits per heavy atom. The van der Waals surface area contributed by atoms with Crippen molar-refractivity contribution in [2.24, 2.45) is 16.6 Å². The van der Waals surface area contributed by atoms with Crippen molar-refractivity contribution in [1.29, 1.82) is 0 Å². The van der Waals surface area contributed by atoms with Crippen LogP contribution in [0.1, 0.15) is 51.0 Å². The molecule has 0 heterocycles. The molecular formula is C18H30N4O2S. The average Bonchev–Trinajstić information content (AvgIpc) is 2.98. The van der Waals surface area contributed by atoms with E-state index in [1.807, 2.05) is 12.1 Å². The van der Waals surface area contributed by atoms with Crippen LogP contribution in [0, 0.1) is 5.92 Å². The van der Waals surface area contributed by atoms with Crippen molar-refractivity contribution in [2.45, 2.75) is 51.5 Å². The summed E-state index contributed by atoms with van der Waals surface area (Å²) in [5, 5.41) is 3.10. The third-order valence-corrected chi connectivity index (χ3v) is 5.62. The third kappa shape index (κ3) is 6.32. The largest absolute Gasteiger partial charge is 0.370 e. The summed E-state index contributed by atoms with van der Waals surface area (Å²) in [7, 11) is -3.19. The van der Waals surface area contributed by atoms with Crippen LogP contribution in [0.5, 0.6) is 0 Å². The lowest BCUT2D eigenvalue weighted by molar-refractivity contribution is 0.455. The van der Waals surface area contributed by atoms with Crippen molar-refractivity contribution >= 4 is 21.7 Å². The van der Waals surface area contributed by atoms with Gasteiger partial charge >= 0.3 is 0 Å². The van der Waals surface area contributed by atoms with E-state index >= 15 is 0 Å². The zero-order valence-corrected chi connectivity index (χ0v) is 16.1. The van der Waals surface area contributed by atoms with Crippen molar-refractivity contribution in [2.75, 3.05) is 18.1 Å². The van der Waals surface area contributed by atoms with Crippen LogP contribution in [0.4, 0.5) is 5.69 Å². The molecule has 0 aliphatic heterocycles. The number of hydrogen-bond donors (Lipinski definition) is 3. The van der Waals surface area contributed by atoms with Crippen molar-refractivity contribution in [3.05, 3.63) is 29.8 Å². The minimum atomic E-state index is -3.19. The molecule has 4 N–H and O–H groups in total. The number of aliphatic imine (C=N–C) groups is 1. The van der Waals surface area contributed by atoms with Crippen LogP contribution in [0.25, 0.3) is 0 Å². The zero-order valence-electron chi connectivity index (χ0n) is 15.3. The zero-order chi connectivity index (χ0) is 18.4. The van der Waals surface area contributed by atoms with E-state index in [0.717, 1.165) is 31.4 Å². The Kier molecular flexibility index (Phi) is 6.84. The van der Waals surface area contributed by atoms with Crippen molar-refractivity contribution < 1.29 is 8.42 Å². The molecule has 6 nitrogen and oxygen atoms in total. The SMILES string of the molecule is CCC(C)c1ccc(NC(N)=NCC2CCCC2NS(C)(=O)=O)cc1. The normalized spacial score (nSPS) is 22.8. The monoisotopic (exact) mass is 366 g/mol. The number of anilines is 1. The van der Waals surface area contributed by atoms with E-state index in [4.69, 9.17) is 5.73 Å². The molecule has 1 aliphatic rings. The molecule has 7 heteroatoms. The van der Waals surface area contributed by atoms with Crippen LogP contribution in [0.15, 0.2) is 29.3 Å². The first-order chi connectivity index (χ1) is 11.8. The second kappa shape index (κ2) is 8.67. The Labute approximate surface area is 151 Å². The summed E-state index contributed by atoms with van der Waals surface area (Å²) < 4.78 is 25.6. The average molecular weight is 367 g/mol. The van der Waals surface area contributed by atoms with E-state index in [9.17, 15) is 8.42 Å². The lowest BCUT2D eigenvalue weighted by Gasteiger charge is -2.18. The van der Waals surface area contributed by atoms with Crippen LogP contribution in [-0.4, -0.2) is 33.2 Å². The van der Waals surface area contributed by atoms with Gasteiger partial charge in [-0.15, -0.1) is 0 Å².